The highest BCUT2D eigenvalue weighted by molar-refractivity contribution is 5.73. The zero-order valence-electron chi connectivity index (χ0n) is 24.7. The number of carboxylic acid groups (broad SMARTS) is 1. The van der Waals surface area contributed by atoms with Gasteiger partial charge in [0, 0.05) is 13.0 Å². The molecule has 0 aromatic heterocycles. The first-order valence-corrected chi connectivity index (χ1v) is 13.3. The van der Waals surface area contributed by atoms with E-state index in [1.54, 1.807) is 6.92 Å². The average Bonchev–Trinajstić information content (AvgIpc) is 2.96. The molecule has 1 unspecified atom stereocenters. The monoisotopic (exact) mass is 699 g/mol. The van der Waals surface area contributed by atoms with Gasteiger partial charge in [0.05, 0.1) is 20.2 Å². The fraction of sp³-hybridized carbons (Fsp3) is 0.500. The number of aryl methyl sites for hydroxylation is 1. The van der Waals surface area contributed by atoms with Gasteiger partial charge in [-0.05, 0) is 49.2 Å². The van der Waals surface area contributed by atoms with Crippen LogP contribution >= 0.6 is 0 Å². The Bertz CT molecular complexity index is 1370. The number of benzene rings is 2. The molecule has 264 valence electrons. The molecule has 2 aromatic carbocycles. The van der Waals surface area contributed by atoms with Crippen LogP contribution in [0.4, 0.5) is 53.1 Å². The first kappa shape index (κ1) is 39.1. The number of rotatable bonds is 16. The zero-order valence-corrected chi connectivity index (χ0v) is 24.7. The van der Waals surface area contributed by atoms with Crippen molar-refractivity contribution in [3.8, 4) is 17.2 Å². The molecule has 0 radical (unpaired) electrons. The normalized spacial score (nSPS) is 13.6. The maximum Gasteiger partial charge on any atom is 0.460 e. The minimum absolute atomic E-state index is 0.0563. The Morgan fingerprint density at radius 3 is 1.96 bits per heavy atom. The van der Waals surface area contributed by atoms with Gasteiger partial charge < -0.3 is 24.1 Å². The Morgan fingerprint density at radius 1 is 0.851 bits per heavy atom. The lowest BCUT2D eigenvalue weighted by Gasteiger charge is -2.38. The Morgan fingerprint density at radius 2 is 1.45 bits per heavy atom. The van der Waals surface area contributed by atoms with E-state index in [4.69, 9.17) is 18.9 Å². The van der Waals surface area contributed by atoms with E-state index in [0.29, 0.717) is 11.1 Å². The number of methoxy groups -OCH3 is 1. The molecule has 2 aromatic rings. The highest BCUT2D eigenvalue weighted by Gasteiger charge is 2.87. The van der Waals surface area contributed by atoms with Gasteiger partial charge in [0.15, 0.2) is 17.6 Å². The van der Waals surface area contributed by atoms with Crippen LogP contribution in [-0.2, 0) is 16.0 Å². The molecule has 0 aliphatic heterocycles. The van der Waals surface area contributed by atoms with Crippen LogP contribution in [0.2, 0.25) is 0 Å². The summed E-state index contributed by atoms with van der Waals surface area (Å²) in [5.41, 5.74) is 0.836. The molecule has 0 spiro atoms. The van der Waals surface area contributed by atoms with E-state index in [1.165, 1.54) is 43.3 Å². The van der Waals surface area contributed by atoms with Crippen molar-refractivity contribution >= 4 is 12.1 Å². The van der Waals surface area contributed by atoms with Gasteiger partial charge in [-0.15, -0.1) is 0 Å². The van der Waals surface area contributed by atoms with Crippen LogP contribution in [0, 0.1) is 6.92 Å². The predicted octanol–water partition coefficient (Wildman–Crippen LogP) is 7.02. The number of ether oxygens (including phenoxy) is 4. The van der Waals surface area contributed by atoms with E-state index in [0.717, 1.165) is 13.2 Å². The number of carboxylic acids is 1. The quantitative estimate of drug-likeness (QED) is 0.188. The molecular weight excluding hydrogens is 671 g/mol. The number of hydrogen-bond donors (Lipinski definition) is 1. The van der Waals surface area contributed by atoms with Gasteiger partial charge >= 0.3 is 41.9 Å². The molecule has 1 atom stereocenters. The van der Waals surface area contributed by atoms with E-state index < -0.39 is 73.5 Å². The summed E-state index contributed by atoms with van der Waals surface area (Å²) in [6.07, 6.45) is -10.6. The number of aliphatic carboxylic acids is 1. The largest absolute Gasteiger partial charge is 0.493 e. The number of amides is 1. The van der Waals surface area contributed by atoms with Crippen molar-refractivity contribution in [1.29, 1.82) is 0 Å². The van der Waals surface area contributed by atoms with Gasteiger partial charge in [0.25, 0.3) is 0 Å². The summed E-state index contributed by atoms with van der Waals surface area (Å²) in [6.45, 7) is -1.71. The topological polar surface area (TPSA) is 94.5 Å². The number of halogens is 11. The van der Waals surface area contributed by atoms with Crippen molar-refractivity contribution in [2.45, 2.75) is 56.2 Å². The van der Waals surface area contributed by atoms with Crippen LogP contribution in [0.5, 0.6) is 17.2 Å². The lowest BCUT2D eigenvalue weighted by molar-refractivity contribution is -0.422. The summed E-state index contributed by atoms with van der Waals surface area (Å²) in [5, 5.41) is 9.19. The third-order valence-electron chi connectivity index (χ3n) is 6.39. The Balaban J connectivity index is 2.34. The van der Waals surface area contributed by atoms with E-state index >= 15 is 0 Å². The van der Waals surface area contributed by atoms with Gasteiger partial charge in [-0.2, -0.15) is 48.3 Å². The van der Waals surface area contributed by atoms with Crippen molar-refractivity contribution in [2.24, 2.45) is 0 Å². The van der Waals surface area contributed by atoms with Gasteiger partial charge in [-0.25, -0.2) is 9.59 Å². The lowest BCUT2D eigenvalue weighted by Crippen LogP contribution is -2.68. The molecule has 0 saturated heterocycles. The molecule has 0 bridgehead atoms. The van der Waals surface area contributed by atoms with Crippen molar-refractivity contribution in [3.05, 3.63) is 53.6 Å². The molecule has 1 amide bonds. The van der Waals surface area contributed by atoms with E-state index in [1.807, 2.05) is 0 Å². The smallest absolute Gasteiger partial charge is 0.460 e. The zero-order chi connectivity index (χ0) is 36.0. The second-order valence-corrected chi connectivity index (χ2v) is 9.85. The van der Waals surface area contributed by atoms with E-state index in [9.17, 15) is 63.0 Å². The summed E-state index contributed by atoms with van der Waals surface area (Å²) in [4.78, 5) is 23.8. The minimum atomic E-state index is -7.67. The lowest BCUT2D eigenvalue weighted by atomic mass is 9.97. The summed E-state index contributed by atoms with van der Waals surface area (Å²) in [6, 6.07) is 9.06. The molecule has 0 saturated carbocycles. The minimum Gasteiger partial charge on any atom is -0.493 e. The number of carbonyl (C=O) groups is 2. The van der Waals surface area contributed by atoms with Crippen LogP contribution in [0.15, 0.2) is 42.5 Å². The van der Waals surface area contributed by atoms with Crippen molar-refractivity contribution in [3.63, 3.8) is 0 Å². The van der Waals surface area contributed by atoms with Crippen molar-refractivity contribution < 1.29 is 81.9 Å². The van der Waals surface area contributed by atoms with Gasteiger partial charge in [0.1, 0.15) is 12.4 Å². The first-order chi connectivity index (χ1) is 21.5. The molecule has 2 rings (SSSR count). The number of carbonyl (C=O) groups excluding carboxylic acids is 1. The molecule has 0 aliphatic rings. The van der Waals surface area contributed by atoms with Gasteiger partial charge in [-0.1, -0.05) is 18.2 Å². The Labute approximate surface area is 259 Å². The van der Waals surface area contributed by atoms with Gasteiger partial charge in [0.2, 0.25) is 0 Å². The molecule has 0 fully saturated rings. The van der Waals surface area contributed by atoms with Crippen LogP contribution < -0.4 is 14.2 Å². The number of alkyl halides is 11. The van der Waals surface area contributed by atoms with Crippen LogP contribution in [0.3, 0.4) is 0 Å². The van der Waals surface area contributed by atoms with Crippen molar-refractivity contribution in [1.82, 2.24) is 4.90 Å². The average molecular weight is 700 g/mol. The molecule has 8 nitrogen and oxygen atoms in total. The summed E-state index contributed by atoms with van der Waals surface area (Å²) in [5.74, 6) is -31.0. The fourth-order valence-electron chi connectivity index (χ4n) is 3.83. The second-order valence-electron chi connectivity index (χ2n) is 9.85. The maximum atomic E-state index is 14.7. The Hall–Kier alpha value is -4.03. The third kappa shape index (κ3) is 8.86. The summed E-state index contributed by atoms with van der Waals surface area (Å²) in [7, 11) is 1.09. The molecule has 0 aliphatic carbocycles. The molecular formula is C28H28F11NO7. The van der Waals surface area contributed by atoms with Crippen molar-refractivity contribution in [2.75, 3.05) is 33.4 Å². The highest BCUT2D eigenvalue weighted by atomic mass is 19.4. The van der Waals surface area contributed by atoms with E-state index in [-0.39, 0.29) is 29.4 Å². The third-order valence-corrected chi connectivity index (χ3v) is 6.39. The SMILES string of the molecule is CCOC(Cc1ccc(OCCN(CC(F)(F)C(F)(F)C(F)(F)C(F)(F)C(F)(F)F)C(=O)Oc2cc(C)ccc2OC)cc1)C(=O)O. The standard InChI is InChI=1S/C28H28F11NO7/c1-4-45-21(22(41)42)14-17-6-8-18(9-7-17)46-12-11-40(23(43)47-20-13-16(2)5-10-19(20)44-3)15-24(29,30)25(31,32)26(33,34)27(35,36)28(37,38)39/h5-10,13,21H,4,11-12,14-15H2,1-3H3,(H,41,42). The summed E-state index contributed by atoms with van der Waals surface area (Å²) < 4.78 is 170. The fourth-order valence-corrected chi connectivity index (χ4v) is 3.83. The molecule has 1 N–H and O–H groups in total. The van der Waals surface area contributed by atoms with Crippen LogP contribution in [-0.4, -0.2) is 91.5 Å². The predicted molar refractivity (Wildman–Crippen MR) is 140 cm³/mol. The maximum absolute atomic E-state index is 14.7. The van der Waals surface area contributed by atoms with Crippen LogP contribution in [0.1, 0.15) is 18.1 Å². The molecule has 47 heavy (non-hydrogen) atoms. The van der Waals surface area contributed by atoms with Gasteiger partial charge in [-0.3, -0.25) is 4.90 Å². The Kier molecular flexibility index (Phi) is 12.3. The highest BCUT2D eigenvalue weighted by Crippen LogP contribution is 2.57. The second kappa shape index (κ2) is 14.8. The molecule has 0 heterocycles. The number of nitrogens with zero attached hydrogens (tertiary/aromatic N) is 1. The first-order valence-electron chi connectivity index (χ1n) is 13.3. The molecule has 19 heteroatoms. The van der Waals surface area contributed by atoms with E-state index in [2.05, 4.69) is 0 Å². The van der Waals surface area contributed by atoms with Crippen LogP contribution in [0.25, 0.3) is 0 Å². The number of hydrogen-bond acceptors (Lipinski definition) is 6. The summed E-state index contributed by atoms with van der Waals surface area (Å²) >= 11 is 0.